The SMILES string of the molecule is CCC(C(=O)NC1CCCCC1)N(Cc1ccc(OC)cc1)C(=O)CN(c1ccc(I)cc1)S(C)(=O)=O. The van der Waals surface area contributed by atoms with Crippen molar-refractivity contribution in [3.05, 3.63) is 57.7 Å². The summed E-state index contributed by atoms with van der Waals surface area (Å²) in [6, 6.07) is 13.6. The van der Waals surface area contributed by atoms with Gasteiger partial charge in [0.15, 0.2) is 0 Å². The average Bonchev–Trinajstić information content (AvgIpc) is 2.88. The van der Waals surface area contributed by atoms with E-state index in [9.17, 15) is 18.0 Å². The molecule has 202 valence electrons. The van der Waals surface area contributed by atoms with Gasteiger partial charge in [0.2, 0.25) is 21.8 Å². The number of nitrogens with zero attached hydrogens (tertiary/aromatic N) is 2. The molecule has 0 aromatic heterocycles. The topological polar surface area (TPSA) is 96.0 Å². The number of nitrogens with one attached hydrogen (secondary N) is 1. The number of hydrogen-bond acceptors (Lipinski definition) is 5. The second kappa shape index (κ2) is 13.5. The van der Waals surface area contributed by atoms with Gasteiger partial charge in [-0.2, -0.15) is 0 Å². The molecule has 0 saturated heterocycles. The number of carbonyl (C=O) groups excluding carboxylic acids is 2. The molecule has 1 atom stereocenters. The first-order valence-electron chi connectivity index (χ1n) is 12.6. The minimum atomic E-state index is -3.75. The first kappa shape index (κ1) is 29.2. The van der Waals surface area contributed by atoms with Crippen molar-refractivity contribution in [3.63, 3.8) is 0 Å². The Kier molecular flexibility index (Phi) is 10.6. The lowest BCUT2D eigenvalue weighted by molar-refractivity contribution is -0.140. The van der Waals surface area contributed by atoms with Gasteiger partial charge < -0.3 is 15.0 Å². The van der Waals surface area contributed by atoms with Gasteiger partial charge in [-0.15, -0.1) is 0 Å². The van der Waals surface area contributed by atoms with Crippen LogP contribution in [-0.2, 0) is 26.2 Å². The zero-order valence-corrected chi connectivity index (χ0v) is 24.6. The van der Waals surface area contributed by atoms with Gasteiger partial charge in [0.05, 0.1) is 19.1 Å². The van der Waals surface area contributed by atoms with Crippen LogP contribution in [0.2, 0.25) is 0 Å². The smallest absolute Gasteiger partial charge is 0.244 e. The molecule has 1 N–H and O–H groups in total. The number of rotatable bonds is 11. The quantitative estimate of drug-likeness (QED) is 0.369. The van der Waals surface area contributed by atoms with Gasteiger partial charge in [-0.25, -0.2) is 8.42 Å². The standard InChI is InChI=1S/C27H36IN3O5S/c1-4-25(27(33)29-22-8-6-5-7-9-22)30(18-20-10-16-24(36-2)17-11-20)26(32)19-31(37(3,34)35)23-14-12-21(28)13-15-23/h10-17,22,25H,4-9,18-19H2,1-3H3,(H,29,33). The fourth-order valence-electron chi connectivity index (χ4n) is 4.61. The molecule has 0 heterocycles. The summed E-state index contributed by atoms with van der Waals surface area (Å²) in [6.07, 6.45) is 6.69. The summed E-state index contributed by atoms with van der Waals surface area (Å²) in [4.78, 5) is 28.7. The molecule has 0 aliphatic heterocycles. The Hall–Kier alpha value is -2.34. The number of anilines is 1. The molecule has 1 fully saturated rings. The van der Waals surface area contributed by atoms with E-state index in [1.165, 1.54) is 11.3 Å². The Morgan fingerprint density at radius 3 is 2.22 bits per heavy atom. The van der Waals surface area contributed by atoms with Gasteiger partial charge in [0, 0.05) is 16.2 Å². The van der Waals surface area contributed by atoms with Crippen molar-refractivity contribution in [1.82, 2.24) is 10.2 Å². The van der Waals surface area contributed by atoms with Crippen molar-refractivity contribution in [2.24, 2.45) is 0 Å². The van der Waals surface area contributed by atoms with E-state index < -0.39 is 28.5 Å². The van der Waals surface area contributed by atoms with E-state index in [1.807, 2.05) is 19.1 Å². The zero-order chi connectivity index (χ0) is 27.0. The van der Waals surface area contributed by atoms with Crippen molar-refractivity contribution in [2.75, 3.05) is 24.2 Å². The molecule has 1 saturated carbocycles. The summed E-state index contributed by atoms with van der Waals surface area (Å²) < 4.78 is 32.7. The van der Waals surface area contributed by atoms with Crippen LogP contribution in [0.3, 0.4) is 0 Å². The maximum absolute atomic E-state index is 13.8. The molecular weight excluding hydrogens is 605 g/mol. The minimum absolute atomic E-state index is 0.104. The summed E-state index contributed by atoms with van der Waals surface area (Å²) in [7, 11) is -2.17. The van der Waals surface area contributed by atoms with E-state index in [4.69, 9.17) is 4.74 Å². The Balaban J connectivity index is 1.90. The summed E-state index contributed by atoms with van der Waals surface area (Å²) in [6.45, 7) is 1.64. The van der Waals surface area contributed by atoms with E-state index in [-0.39, 0.29) is 18.5 Å². The molecule has 3 rings (SSSR count). The predicted octanol–water partition coefficient (Wildman–Crippen LogP) is 4.32. The molecule has 37 heavy (non-hydrogen) atoms. The lowest BCUT2D eigenvalue weighted by atomic mass is 9.95. The highest BCUT2D eigenvalue weighted by molar-refractivity contribution is 14.1. The van der Waals surface area contributed by atoms with Crippen molar-refractivity contribution >= 4 is 50.1 Å². The number of hydrogen-bond donors (Lipinski definition) is 1. The first-order chi connectivity index (χ1) is 17.6. The van der Waals surface area contributed by atoms with Crippen molar-refractivity contribution in [2.45, 2.75) is 64.1 Å². The van der Waals surface area contributed by atoms with Crippen molar-refractivity contribution < 1.29 is 22.7 Å². The normalized spacial score (nSPS) is 15.0. The number of ether oxygens (including phenoxy) is 1. The highest BCUT2D eigenvalue weighted by atomic mass is 127. The van der Waals surface area contributed by atoms with E-state index in [1.54, 1.807) is 43.5 Å². The van der Waals surface area contributed by atoms with E-state index >= 15 is 0 Å². The predicted molar refractivity (Wildman–Crippen MR) is 154 cm³/mol. The van der Waals surface area contributed by atoms with Gasteiger partial charge in [-0.05, 0) is 83.8 Å². The lowest BCUT2D eigenvalue weighted by Gasteiger charge is -2.34. The van der Waals surface area contributed by atoms with Gasteiger partial charge >= 0.3 is 0 Å². The van der Waals surface area contributed by atoms with Crippen molar-refractivity contribution in [3.8, 4) is 5.75 Å². The molecule has 8 nitrogen and oxygen atoms in total. The maximum Gasteiger partial charge on any atom is 0.244 e. The molecule has 0 bridgehead atoms. The van der Waals surface area contributed by atoms with Crippen LogP contribution < -0.4 is 14.4 Å². The largest absolute Gasteiger partial charge is 0.497 e. The lowest BCUT2D eigenvalue weighted by Crippen LogP contribution is -2.53. The molecule has 2 aromatic rings. The van der Waals surface area contributed by atoms with Crippen molar-refractivity contribution in [1.29, 1.82) is 0 Å². The van der Waals surface area contributed by atoms with Crippen LogP contribution in [0.4, 0.5) is 5.69 Å². The summed E-state index contributed by atoms with van der Waals surface area (Å²) in [5, 5.41) is 3.15. The number of benzene rings is 2. The van der Waals surface area contributed by atoms with Crippen LogP contribution in [0.1, 0.15) is 51.0 Å². The van der Waals surface area contributed by atoms with Gasteiger partial charge in [0.1, 0.15) is 18.3 Å². The molecule has 2 amide bonds. The molecule has 1 aliphatic carbocycles. The van der Waals surface area contributed by atoms with Crippen LogP contribution in [0.25, 0.3) is 0 Å². The van der Waals surface area contributed by atoms with Gasteiger partial charge in [-0.1, -0.05) is 38.3 Å². The third-order valence-corrected chi connectivity index (χ3v) is 8.50. The molecule has 0 radical (unpaired) electrons. The summed E-state index contributed by atoms with van der Waals surface area (Å²) in [5.74, 6) is 0.0486. The average molecular weight is 642 g/mol. The van der Waals surface area contributed by atoms with Crippen LogP contribution in [0.15, 0.2) is 48.5 Å². The van der Waals surface area contributed by atoms with E-state index in [2.05, 4.69) is 27.9 Å². The number of sulfonamides is 1. The van der Waals surface area contributed by atoms with Gasteiger partial charge in [0.25, 0.3) is 0 Å². The molecular formula is C27H36IN3O5S. The Morgan fingerprint density at radius 2 is 1.68 bits per heavy atom. The minimum Gasteiger partial charge on any atom is -0.497 e. The second-order valence-corrected chi connectivity index (χ2v) is 12.5. The highest BCUT2D eigenvalue weighted by Gasteiger charge is 2.32. The fourth-order valence-corrected chi connectivity index (χ4v) is 5.82. The molecule has 1 unspecified atom stereocenters. The number of methoxy groups -OCH3 is 1. The third kappa shape index (κ3) is 8.33. The summed E-state index contributed by atoms with van der Waals surface area (Å²) in [5.41, 5.74) is 1.22. The molecule has 2 aromatic carbocycles. The van der Waals surface area contributed by atoms with Crippen LogP contribution in [0, 0.1) is 3.57 Å². The second-order valence-electron chi connectivity index (χ2n) is 9.38. The Labute approximate surface area is 233 Å². The Morgan fingerprint density at radius 1 is 1.05 bits per heavy atom. The third-order valence-electron chi connectivity index (χ3n) is 6.64. The van der Waals surface area contributed by atoms with Crippen LogP contribution >= 0.6 is 22.6 Å². The number of amides is 2. The fraction of sp³-hybridized carbons (Fsp3) is 0.481. The monoisotopic (exact) mass is 641 g/mol. The molecule has 0 spiro atoms. The maximum atomic E-state index is 13.8. The van der Waals surface area contributed by atoms with Gasteiger partial charge in [-0.3, -0.25) is 13.9 Å². The number of carbonyl (C=O) groups is 2. The first-order valence-corrected chi connectivity index (χ1v) is 15.5. The molecule has 1 aliphatic rings. The van der Waals surface area contributed by atoms with Crippen LogP contribution in [-0.4, -0.2) is 57.1 Å². The Bertz CT molecular complexity index is 1150. The van der Waals surface area contributed by atoms with Crippen LogP contribution in [0.5, 0.6) is 5.75 Å². The summed E-state index contributed by atoms with van der Waals surface area (Å²) >= 11 is 2.14. The van der Waals surface area contributed by atoms with E-state index in [0.29, 0.717) is 17.9 Å². The molecule has 10 heteroatoms. The zero-order valence-electron chi connectivity index (χ0n) is 21.7. The van der Waals surface area contributed by atoms with E-state index in [0.717, 1.165) is 45.4 Å². The number of halogens is 1. The highest BCUT2D eigenvalue weighted by Crippen LogP contribution is 2.22.